The Labute approximate surface area is 108 Å². The minimum atomic E-state index is -0.368. The normalized spacial score (nSPS) is 22.5. The van der Waals surface area contributed by atoms with E-state index in [-0.39, 0.29) is 6.10 Å². The van der Waals surface area contributed by atoms with Crippen LogP contribution in [0.1, 0.15) is 12.0 Å². The SMILES string of the molecule is COC[C@@H](O)CN1CC[C@@H](Cc2cnn(C)c2)C1. The van der Waals surface area contributed by atoms with Crippen molar-refractivity contribution in [3.05, 3.63) is 18.0 Å². The van der Waals surface area contributed by atoms with Crippen molar-refractivity contribution in [3.63, 3.8) is 0 Å². The molecule has 2 heterocycles. The molecule has 2 atom stereocenters. The van der Waals surface area contributed by atoms with E-state index in [9.17, 15) is 5.11 Å². The predicted octanol–water partition coefficient (Wildman–Crippen LogP) is 0.292. The van der Waals surface area contributed by atoms with E-state index in [1.54, 1.807) is 7.11 Å². The van der Waals surface area contributed by atoms with E-state index in [0.29, 0.717) is 12.5 Å². The molecular formula is C13H23N3O2. The molecule has 18 heavy (non-hydrogen) atoms. The van der Waals surface area contributed by atoms with Crippen LogP contribution >= 0.6 is 0 Å². The van der Waals surface area contributed by atoms with Gasteiger partial charge < -0.3 is 14.7 Å². The predicted molar refractivity (Wildman–Crippen MR) is 69.3 cm³/mol. The number of hydrogen-bond acceptors (Lipinski definition) is 4. The molecule has 102 valence electrons. The number of aliphatic hydroxyl groups is 1. The van der Waals surface area contributed by atoms with Gasteiger partial charge in [0.15, 0.2) is 0 Å². The summed E-state index contributed by atoms with van der Waals surface area (Å²) in [6.07, 6.45) is 5.96. The molecule has 1 aliphatic heterocycles. The van der Waals surface area contributed by atoms with Crippen molar-refractivity contribution < 1.29 is 9.84 Å². The Kier molecular flexibility index (Phi) is 4.74. The van der Waals surface area contributed by atoms with Crippen LogP contribution in [0.15, 0.2) is 12.4 Å². The van der Waals surface area contributed by atoms with Gasteiger partial charge in [0.05, 0.1) is 18.9 Å². The molecule has 0 saturated carbocycles. The summed E-state index contributed by atoms with van der Waals surface area (Å²) in [7, 11) is 3.57. The molecule has 1 aromatic rings. The van der Waals surface area contributed by atoms with E-state index in [2.05, 4.69) is 16.2 Å². The first-order valence-corrected chi connectivity index (χ1v) is 6.54. The minimum Gasteiger partial charge on any atom is -0.389 e. The van der Waals surface area contributed by atoms with Crippen LogP contribution in [-0.2, 0) is 18.2 Å². The summed E-state index contributed by atoms with van der Waals surface area (Å²) in [5, 5.41) is 13.9. The fourth-order valence-electron chi connectivity index (χ4n) is 2.70. The first-order chi connectivity index (χ1) is 8.67. The zero-order valence-corrected chi connectivity index (χ0v) is 11.2. The summed E-state index contributed by atoms with van der Waals surface area (Å²) in [5.74, 6) is 0.684. The second-order valence-electron chi connectivity index (χ2n) is 5.25. The number of nitrogens with zero attached hydrogens (tertiary/aromatic N) is 3. The first kappa shape index (κ1) is 13.5. The second-order valence-corrected chi connectivity index (χ2v) is 5.25. The smallest absolute Gasteiger partial charge is 0.0900 e. The number of hydrogen-bond donors (Lipinski definition) is 1. The molecule has 0 spiro atoms. The number of aliphatic hydroxyl groups excluding tert-OH is 1. The van der Waals surface area contributed by atoms with Gasteiger partial charge in [-0.25, -0.2) is 0 Å². The van der Waals surface area contributed by atoms with Crippen LogP contribution in [0, 0.1) is 5.92 Å². The Morgan fingerprint density at radius 2 is 2.44 bits per heavy atom. The highest BCUT2D eigenvalue weighted by atomic mass is 16.5. The van der Waals surface area contributed by atoms with Crippen LogP contribution in [0.4, 0.5) is 0 Å². The summed E-state index contributed by atoms with van der Waals surface area (Å²) in [5.41, 5.74) is 1.31. The number of β-amino-alcohol motifs (C(OH)–C–C–N with tert-alkyl or cyclic N) is 1. The number of ether oxygens (including phenoxy) is 1. The molecule has 0 aliphatic carbocycles. The molecule has 2 rings (SSSR count). The van der Waals surface area contributed by atoms with Crippen molar-refractivity contribution in [2.24, 2.45) is 13.0 Å². The van der Waals surface area contributed by atoms with Crippen LogP contribution in [0.3, 0.4) is 0 Å². The highest BCUT2D eigenvalue weighted by molar-refractivity contribution is 5.05. The third-order valence-electron chi connectivity index (χ3n) is 3.48. The standard InChI is InChI=1S/C13H23N3O2/c1-15-7-12(6-14-15)5-11-3-4-16(8-11)9-13(17)10-18-2/h6-7,11,13,17H,3-5,8-10H2,1-2H3/t11-,13-/m0/s1. The molecular weight excluding hydrogens is 230 g/mol. The van der Waals surface area contributed by atoms with Gasteiger partial charge in [0.25, 0.3) is 0 Å². The molecule has 1 N–H and O–H groups in total. The number of methoxy groups -OCH3 is 1. The van der Waals surface area contributed by atoms with Gasteiger partial charge >= 0.3 is 0 Å². The first-order valence-electron chi connectivity index (χ1n) is 6.54. The van der Waals surface area contributed by atoms with Gasteiger partial charge in [-0.15, -0.1) is 0 Å². The van der Waals surface area contributed by atoms with Gasteiger partial charge in [0, 0.05) is 33.4 Å². The lowest BCUT2D eigenvalue weighted by Crippen LogP contribution is -2.33. The van der Waals surface area contributed by atoms with Crippen molar-refractivity contribution in [2.45, 2.75) is 18.9 Å². The zero-order valence-electron chi connectivity index (χ0n) is 11.2. The van der Waals surface area contributed by atoms with Gasteiger partial charge in [-0.1, -0.05) is 0 Å². The third-order valence-corrected chi connectivity index (χ3v) is 3.48. The molecule has 0 bridgehead atoms. The van der Waals surface area contributed by atoms with Crippen LogP contribution in [0.2, 0.25) is 0 Å². The highest BCUT2D eigenvalue weighted by Gasteiger charge is 2.24. The molecule has 0 radical (unpaired) electrons. The van der Waals surface area contributed by atoms with E-state index in [0.717, 1.165) is 26.1 Å². The van der Waals surface area contributed by atoms with E-state index in [1.165, 1.54) is 12.0 Å². The zero-order chi connectivity index (χ0) is 13.0. The molecule has 0 aromatic carbocycles. The third kappa shape index (κ3) is 3.80. The number of aromatic nitrogens is 2. The maximum Gasteiger partial charge on any atom is 0.0900 e. The quantitative estimate of drug-likeness (QED) is 0.792. The van der Waals surface area contributed by atoms with Crippen molar-refractivity contribution in [3.8, 4) is 0 Å². The van der Waals surface area contributed by atoms with Crippen molar-refractivity contribution in [1.29, 1.82) is 0 Å². The molecule has 1 fully saturated rings. The van der Waals surface area contributed by atoms with Crippen LogP contribution in [-0.4, -0.2) is 59.2 Å². The summed E-state index contributed by atoms with van der Waals surface area (Å²) in [6, 6.07) is 0. The summed E-state index contributed by atoms with van der Waals surface area (Å²) in [4.78, 5) is 2.32. The maximum absolute atomic E-state index is 9.71. The molecule has 1 aliphatic rings. The van der Waals surface area contributed by atoms with Crippen molar-refractivity contribution in [1.82, 2.24) is 14.7 Å². The van der Waals surface area contributed by atoms with Gasteiger partial charge in [0.1, 0.15) is 0 Å². The summed E-state index contributed by atoms with van der Waals surface area (Å²) in [6.45, 7) is 3.28. The molecule has 0 unspecified atom stereocenters. The van der Waals surface area contributed by atoms with Gasteiger partial charge in [0.2, 0.25) is 0 Å². The topological polar surface area (TPSA) is 50.5 Å². The van der Waals surface area contributed by atoms with Gasteiger partial charge in [-0.05, 0) is 30.9 Å². The number of rotatable bonds is 6. The highest BCUT2D eigenvalue weighted by Crippen LogP contribution is 2.20. The lowest BCUT2D eigenvalue weighted by Gasteiger charge is -2.19. The van der Waals surface area contributed by atoms with Crippen molar-refractivity contribution >= 4 is 0 Å². The fraction of sp³-hybridized carbons (Fsp3) is 0.769. The van der Waals surface area contributed by atoms with Crippen LogP contribution in [0.25, 0.3) is 0 Å². The molecule has 1 aromatic heterocycles. The Bertz CT molecular complexity index is 367. The number of aryl methyl sites for hydroxylation is 1. The Morgan fingerprint density at radius 3 is 3.11 bits per heavy atom. The number of likely N-dealkylation sites (tertiary alicyclic amines) is 1. The van der Waals surface area contributed by atoms with Gasteiger partial charge in [-0.2, -0.15) is 5.10 Å². The van der Waals surface area contributed by atoms with E-state index >= 15 is 0 Å². The van der Waals surface area contributed by atoms with E-state index in [1.807, 2.05) is 17.9 Å². The maximum atomic E-state index is 9.71. The molecule has 5 heteroatoms. The molecule has 0 amide bonds. The monoisotopic (exact) mass is 253 g/mol. The minimum absolute atomic E-state index is 0.368. The summed E-state index contributed by atoms with van der Waals surface area (Å²) >= 11 is 0. The Morgan fingerprint density at radius 1 is 1.61 bits per heavy atom. The van der Waals surface area contributed by atoms with Crippen molar-refractivity contribution in [2.75, 3.05) is 33.4 Å². The van der Waals surface area contributed by atoms with E-state index < -0.39 is 0 Å². The lowest BCUT2D eigenvalue weighted by atomic mass is 10.0. The van der Waals surface area contributed by atoms with Crippen LogP contribution in [0.5, 0.6) is 0 Å². The average molecular weight is 253 g/mol. The lowest BCUT2D eigenvalue weighted by molar-refractivity contribution is 0.0421. The average Bonchev–Trinajstić information content (AvgIpc) is 2.89. The van der Waals surface area contributed by atoms with E-state index in [4.69, 9.17) is 4.74 Å². The second kappa shape index (κ2) is 6.31. The van der Waals surface area contributed by atoms with Gasteiger partial charge in [-0.3, -0.25) is 4.68 Å². The Balaban J connectivity index is 1.74. The molecule has 1 saturated heterocycles. The van der Waals surface area contributed by atoms with Crippen LogP contribution < -0.4 is 0 Å². The largest absolute Gasteiger partial charge is 0.389 e. The Hall–Kier alpha value is -0.910. The fourth-order valence-corrected chi connectivity index (χ4v) is 2.70. The molecule has 5 nitrogen and oxygen atoms in total. The summed E-state index contributed by atoms with van der Waals surface area (Å²) < 4.78 is 6.80.